The Morgan fingerprint density at radius 1 is 0.553 bits per heavy atom. The van der Waals surface area contributed by atoms with Crippen molar-refractivity contribution in [3.63, 3.8) is 0 Å². The van der Waals surface area contributed by atoms with Gasteiger partial charge in [0.15, 0.2) is 5.82 Å². The summed E-state index contributed by atoms with van der Waals surface area (Å²) in [5.41, 5.74) is 13.1. The van der Waals surface area contributed by atoms with E-state index in [4.69, 9.17) is 14.4 Å². The van der Waals surface area contributed by atoms with Gasteiger partial charge in [0.1, 0.15) is 5.58 Å². The summed E-state index contributed by atoms with van der Waals surface area (Å²) in [4.78, 5) is 10.0. The fourth-order valence-electron chi connectivity index (χ4n) is 7.76. The van der Waals surface area contributed by atoms with Gasteiger partial charge in [-0.05, 0) is 58.7 Å². The molecule has 0 amide bonds. The van der Waals surface area contributed by atoms with E-state index >= 15 is 0 Å². The maximum atomic E-state index is 6.28. The van der Waals surface area contributed by atoms with Crippen molar-refractivity contribution in [1.82, 2.24) is 14.5 Å². The van der Waals surface area contributed by atoms with Crippen molar-refractivity contribution in [1.29, 1.82) is 0 Å². The lowest BCUT2D eigenvalue weighted by Gasteiger charge is -2.21. The van der Waals surface area contributed by atoms with Crippen molar-refractivity contribution < 1.29 is 4.42 Å². The molecular formula is C43H29N3O. The van der Waals surface area contributed by atoms with Gasteiger partial charge in [-0.2, -0.15) is 4.98 Å². The lowest BCUT2D eigenvalue weighted by Crippen LogP contribution is -2.14. The molecule has 0 unspecified atom stereocenters. The van der Waals surface area contributed by atoms with Crippen LogP contribution in [-0.2, 0) is 5.41 Å². The van der Waals surface area contributed by atoms with E-state index in [0.29, 0.717) is 11.5 Å². The minimum Gasteiger partial charge on any atom is -0.438 e. The molecule has 0 aliphatic heterocycles. The molecule has 0 saturated carbocycles. The summed E-state index contributed by atoms with van der Waals surface area (Å²) in [5, 5.41) is 4.48. The zero-order chi connectivity index (χ0) is 31.3. The van der Waals surface area contributed by atoms with Gasteiger partial charge < -0.3 is 8.98 Å². The van der Waals surface area contributed by atoms with Crippen molar-refractivity contribution in [2.45, 2.75) is 19.3 Å². The van der Waals surface area contributed by atoms with Crippen molar-refractivity contribution in [3.05, 3.63) is 151 Å². The van der Waals surface area contributed by atoms with E-state index in [1.54, 1.807) is 0 Å². The second-order valence-electron chi connectivity index (χ2n) is 13.0. The van der Waals surface area contributed by atoms with Crippen LogP contribution in [0.5, 0.6) is 0 Å². The molecule has 0 fully saturated rings. The van der Waals surface area contributed by atoms with Gasteiger partial charge in [-0.15, -0.1) is 0 Å². The molecule has 9 aromatic rings. The molecule has 1 aliphatic carbocycles. The first-order valence-corrected chi connectivity index (χ1v) is 16.1. The standard InChI is InChI=1S/C43H29N3O/c1-43(2)34-17-9-6-14-29(34)32-25-37-33(24-35(32)43)30-15-7-10-18-36(30)46(37)28-22-20-26(21-23-28)40-39-31-16-8-11-19-38(31)47-42(39)45-41(44-40)27-12-4-3-5-13-27/h3-25H,1-2H3. The molecule has 0 atom stereocenters. The van der Waals surface area contributed by atoms with Crippen LogP contribution in [0.1, 0.15) is 25.0 Å². The number of para-hydroxylation sites is 2. The summed E-state index contributed by atoms with van der Waals surface area (Å²) in [5.74, 6) is 0.649. The Balaban J connectivity index is 1.19. The molecule has 3 aromatic heterocycles. The normalized spacial score (nSPS) is 13.5. The Morgan fingerprint density at radius 3 is 2.13 bits per heavy atom. The van der Waals surface area contributed by atoms with Gasteiger partial charge in [-0.3, -0.25) is 0 Å². The number of rotatable bonds is 3. The maximum absolute atomic E-state index is 6.28. The molecular weight excluding hydrogens is 574 g/mol. The average Bonchev–Trinajstić information content (AvgIpc) is 3.73. The number of nitrogens with zero attached hydrogens (tertiary/aromatic N) is 3. The van der Waals surface area contributed by atoms with E-state index in [0.717, 1.165) is 38.9 Å². The van der Waals surface area contributed by atoms with Crippen LogP contribution in [0.25, 0.3) is 83.3 Å². The van der Waals surface area contributed by atoms with E-state index in [9.17, 15) is 0 Å². The fourth-order valence-corrected chi connectivity index (χ4v) is 7.76. The first-order valence-electron chi connectivity index (χ1n) is 16.1. The van der Waals surface area contributed by atoms with E-state index in [2.05, 4.69) is 109 Å². The highest BCUT2D eigenvalue weighted by molar-refractivity contribution is 6.12. The minimum atomic E-state index is -0.0519. The smallest absolute Gasteiger partial charge is 0.231 e. The molecule has 10 rings (SSSR count). The quantitative estimate of drug-likeness (QED) is 0.202. The zero-order valence-corrected chi connectivity index (χ0v) is 26.0. The summed E-state index contributed by atoms with van der Waals surface area (Å²) in [6, 6.07) is 49.4. The third-order valence-corrected chi connectivity index (χ3v) is 10.0. The van der Waals surface area contributed by atoms with Crippen LogP contribution in [0.2, 0.25) is 0 Å². The summed E-state index contributed by atoms with van der Waals surface area (Å²) in [7, 11) is 0. The van der Waals surface area contributed by atoms with Gasteiger partial charge >= 0.3 is 0 Å². The summed E-state index contributed by atoms with van der Waals surface area (Å²) < 4.78 is 8.68. The van der Waals surface area contributed by atoms with Crippen molar-refractivity contribution in [2.75, 3.05) is 0 Å². The number of aromatic nitrogens is 3. The van der Waals surface area contributed by atoms with Crippen LogP contribution in [0.4, 0.5) is 0 Å². The molecule has 0 saturated heterocycles. The van der Waals surface area contributed by atoms with Crippen molar-refractivity contribution in [2.24, 2.45) is 0 Å². The van der Waals surface area contributed by atoms with Crippen molar-refractivity contribution in [3.8, 4) is 39.5 Å². The summed E-state index contributed by atoms with van der Waals surface area (Å²) in [6.45, 7) is 4.69. The second-order valence-corrected chi connectivity index (χ2v) is 13.0. The van der Waals surface area contributed by atoms with Gasteiger partial charge in [0.05, 0.1) is 22.1 Å². The van der Waals surface area contributed by atoms with Gasteiger partial charge in [0.2, 0.25) is 5.71 Å². The third-order valence-electron chi connectivity index (χ3n) is 10.0. The lowest BCUT2D eigenvalue weighted by molar-refractivity contribution is 0.653. The van der Waals surface area contributed by atoms with E-state index in [1.165, 1.54) is 44.1 Å². The van der Waals surface area contributed by atoms with Gasteiger partial charge in [0, 0.05) is 38.4 Å². The molecule has 0 spiro atoms. The highest BCUT2D eigenvalue weighted by Gasteiger charge is 2.36. The molecule has 1 aliphatic rings. The second kappa shape index (κ2) is 9.51. The monoisotopic (exact) mass is 603 g/mol. The zero-order valence-electron chi connectivity index (χ0n) is 26.0. The van der Waals surface area contributed by atoms with Crippen LogP contribution in [0.3, 0.4) is 0 Å². The number of furan rings is 1. The van der Waals surface area contributed by atoms with Crippen LogP contribution in [-0.4, -0.2) is 14.5 Å². The molecule has 0 radical (unpaired) electrons. The molecule has 0 bridgehead atoms. The van der Waals surface area contributed by atoms with Crippen LogP contribution in [0.15, 0.2) is 144 Å². The summed E-state index contributed by atoms with van der Waals surface area (Å²) in [6.07, 6.45) is 0. The van der Waals surface area contributed by atoms with E-state index < -0.39 is 0 Å². The SMILES string of the molecule is CC1(C)c2ccccc2-c2cc3c(cc21)c1ccccc1n3-c1ccc(-c2nc(-c3ccccc3)nc3oc4ccccc4c23)cc1. The number of hydrogen-bond donors (Lipinski definition) is 0. The Kier molecular flexibility index (Phi) is 5.31. The maximum Gasteiger partial charge on any atom is 0.231 e. The fraction of sp³-hybridized carbons (Fsp3) is 0.0698. The first-order chi connectivity index (χ1) is 23.1. The predicted molar refractivity (Wildman–Crippen MR) is 192 cm³/mol. The van der Waals surface area contributed by atoms with E-state index in [1.807, 2.05) is 48.5 Å². The average molecular weight is 604 g/mol. The molecule has 222 valence electrons. The Hall–Kier alpha value is -6.00. The molecule has 4 heteroatoms. The van der Waals surface area contributed by atoms with Crippen molar-refractivity contribution >= 4 is 43.9 Å². The Labute approximate surface area is 271 Å². The third kappa shape index (κ3) is 3.70. The predicted octanol–water partition coefficient (Wildman–Crippen LogP) is 11.1. The van der Waals surface area contributed by atoms with Crippen LogP contribution < -0.4 is 0 Å². The topological polar surface area (TPSA) is 43.9 Å². The minimum absolute atomic E-state index is 0.0519. The van der Waals surface area contributed by atoms with Crippen LogP contribution in [0, 0.1) is 0 Å². The molecule has 47 heavy (non-hydrogen) atoms. The number of benzene rings is 6. The number of fused-ring (bicyclic) bond motifs is 9. The molecule has 3 heterocycles. The summed E-state index contributed by atoms with van der Waals surface area (Å²) >= 11 is 0. The Bertz CT molecular complexity index is 2700. The highest BCUT2D eigenvalue weighted by Crippen LogP contribution is 2.51. The molecule has 0 N–H and O–H groups in total. The van der Waals surface area contributed by atoms with E-state index in [-0.39, 0.29) is 5.41 Å². The van der Waals surface area contributed by atoms with Crippen LogP contribution >= 0.6 is 0 Å². The lowest BCUT2D eigenvalue weighted by atomic mass is 9.82. The van der Waals surface area contributed by atoms with Gasteiger partial charge in [-0.1, -0.05) is 117 Å². The largest absolute Gasteiger partial charge is 0.438 e. The van der Waals surface area contributed by atoms with Gasteiger partial charge in [0.25, 0.3) is 0 Å². The molecule has 4 nitrogen and oxygen atoms in total. The highest BCUT2D eigenvalue weighted by atomic mass is 16.3. The Morgan fingerprint density at radius 2 is 1.28 bits per heavy atom. The molecule has 6 aromatic carbocycles. The van der Waals surface area contributed by atoms with Gasteiger partial charge in [-0.25, -0.2) is 4.98 Å². The first kappa shape index (κ1) is 26.2. The number of hydrogen-bond acceptors (Lipinski definition) is 3.